The third kappa shape index (κ3) is 7.80. The highest BCUT2D eigenvalue weighted by molar-refractivity contribution is 5.95. The predicted molar refractivity (Wildman–Crippen MR) is 151 cm³/mol. The van der Waals surface area contributed by atoms with Gasteiger partial charge in [-0.15, -0.1) is 0 Å². The van der Waals surface area contributed by atoms with Crippen LogP contribution in [0.5, 0.6) is 0 Å². The van der Waals surface area contributed by atoms with Crippen molar-refractivity contribution in [3.05, 3.63) is 83.5 Å². The molecular formula is C31H37FN2O7. The fourth-order valence-electron chi connectivity index (χ4n) is 5.00. The average Bonchev–Trinajstić information content (AvgIpc) is 3.37. The van der Waals surface area contributed by atoms with E-state index in [4.69, 9.17) is 24.1 Å². The maximum Gasteiger partial charge on any atom is 0.286 e. The summed E-state index contributed by atoms with van der Waals surface area (Å²) in [4.78, 5) is 25.8. The monoisotopic (exact) mass is 568 g/mol. The van der Waals surface area contributed by atoms with E-state index in [1.165, 1.54) is 19.1 Å². The van der Waals surface area contributed by atoms with Crippen LogP contribution in [0.15, 0.2) is 66.6 Å². The Hall–Kier alpha value is -3.57. The van der Waals surface area contributed by atoms with E-state index >= 15 is 0 Å². The summed E-state index contributed by atoms with van der Waals surface area (Å²) in [7, 11) is 0. The molecule has 0 bridgehead atoms. The molecule has 10 heteroatoms. The quantitative estimate of drug-likeness (QED) is 0.281. The fourth-order valence-corrected chi connectivity index (χ4v) is 5.00. The minimum Gasteiger partial charge on any atom is -0.459 e. The predicted octanol–water partition coefficient (Wildman–Crippen LogP) is 4.15. The van der Waals surface area contributed by atoms with Crippen LogP contribution in [-0.4, -0.2) is 67.4 Å². The molecule has 3 aromatic rings. The van der Waals surface area contributed by atoms with Gasteiger partial charge < -0.3 is 29.4 Å². The number of carbonyl (C=O) groups excluding carboxylic acids is 2. The van der Waals surface area contributed by atoms with E-state index in [0.29, 0.717) is 32.8 Å². The number of aliphatic hydroxyl groups excluding tert-OH is 1. The van der Waals surface area contributed by atoms with Gasteiger partial charge in [-0.1, -0.05) is 30.3 Å². The lowest BCUT2D eigenvalue weighted by Crippen LogP contribution is -2.39. The molecule has 1 amide bonds. The summed E-state index contributed by atoms with van der Waals surface area (Å²) in [6.45, 7) is 5.27. The molecule has 0 unspecified atom stereocenters. The highest BCUT2D eigenvalue weighted by Crippen LogP contribution is 2.42. The molecule has 0 fully saturated rings. The first-order chi connectivity index (χ1) is 19.9. The number of aliphatic hydroxyl groups is 1. The van der Waals surface area contributed by atoms with Crippen LogP contribution >= 0.6 is 0 Å². The van der Waals surface area contributed by atoms with Crippen molar-refractivity contribution >= 4 is 22.7 Å². The van der Waals surface area contributed by atoms with E-state index in [1.807, 2.05) is 37.4 Å². The third-order valence-electron chi connectivity index (χ3n) is 6.95. The van der Waals surface area contributed by atoms with Gasteiger partial charge >= 0.3 is 0 Å². The van der Waals surface area contributed by atoms with Crippen molar-refractivity contribution in [2.24, 2.45) is 5.92 Å². The van der Waals surface area contributed by atoms with Gasteiger partial charge in [0.15, 0.2) is 5.76 Å². The van der Waals surface area contributed by atoms with E-state index in [-0.39, 0.29) is 49.1 Å². The number of fused-ring (bicyclic) bond motifs is 1. The van der Waals surface area contributed by atoms with Crippen molar-refractivity contribution < 1.29 is 38.0 Å². The van der Waals surface area contributed by atoms with Gasteiger partial charge in [0, 0.05) is 50.1 Å². The largest absolute Gasteiger partial charge is 0.459 e. The van der Waals surface area contributed by atoms with Crippen LogP contribution < -0.4 is 5.32 Å². The second-order valence-electron chi connectivity index (χ2n) is 9.70. The summed E-state index contributed by atoms with van der Waals surface area (Å²) in [5, 5.41) is 12.6. The van der Waals surface area contributed by atoms with Gasteiger partial charge in [0.2, 0.25) is 12.2 Å². The Labute approximate surface area is 238 Å². The molecule has 0 saturated carbocycles. The molecular weight excluding hydrogens is 531 g/mol. The molecule has 220 valence electrons. The van der Waals surface area contributed by atoms with Gasteiger partial charge in [-0.05, 0) is 48.7 Å². The molecule has 1 aliphatic heterocycles. The van der Waals surface area contributed by atoms with Crippen LogP contribution in [0, 0.1) is 11.7 Å². The Balaban J connectivity index is 1.63. The van der Waals surface area contributed by atoms with E-state index < -0.39 is 12.2 Å². The second kappa shape index (κ2) is 14.9. The van der Waals surface area contributed by atoms with Gasteiger partial charge in [0.25, 0.3) is 5.91 Å². The van der Waals surface area contributed by atoms with Crippen LogP contribution in [0.1, 0.15) is 42.1 Å². The maximum absolute atomic E-state index is 13.3. The summed E-state index contributed by atoms with van der Waals surface area (Å²) in [6.07, 6.45) is 3.43. The number of rotatable bonds is 14. The summed E-state index contributed by atoms with van der Waals surface area (Å²) < 4.78 is 38.1. The summed E-state index contributed by atoms with van der Waals surface area (Å²) >= 11 is 0. The van der Waals surface area contributed by atoms with Crippen LogP contribution in [0.4, 0.5) is 4.39 Å². The Kier molecular flexibility index (Phi) is 11.0. The molecule has 0 aliphatic carbocycles. The van der Waals surface area contributed by atoms with Gasteiger partial charge in [-0.2, -0.15) is 0 Å². The highest BCUT2D eigenvalue weighted by atomic mass is 19.1. The number of hydrogen-bond donors (Lipinski definition) is 2. The summed E-state index contributed by atoms with van der Waals surface area (Å²) in [6, 6.07) is 13.6. The highest BCUT2D eigenvalue weighted by Gasteiger charge is 2.39. The second-order valence-corrected chi connectivity index (χ2v) is 9.70. The molecule has 4 rings (SSSR count). The van der Waals surface area contributed by atoms with Gasteiger partial charge in [-0.25, -0.2) is 4.39 Å². The molecule has 41 heavy (non-hydrogen) atoms. The van der Waals surface area contributed by atoms with Crippen LogP contribution in [0.25, 0.3) is 10.9 Å². The van der Waals surface area contributed by atoms with Gasteiger partial charge in [-0.3, -0.25) is 14.2 Å². The molecule has 2 heterocycles. The number of hydrogen-bond acceptors (Lipinski definition) is 7. The molecule has 0 saturated heterocycles. The van der Waals surface area contributed by atoms with Crippen molar-refractivity contribution in [1.82, 2.24) is 9.88 Å². The maximum atomic E-state index is 13.3. The number of ether oxygens (including phenoxy) is 4. The molecule has 0 spiro atoms. The van der Waals surface area contributed by atoms with E-state index in [1.54, 1.807) is 22.8 Å². The molecule has 1 aliphatic rings. The number of para-hydroxylation sites is 1. The first kappa shape index (κ1) is 30.4. The third-order valence-corrected chi connectivity index (χ3v) is 6.95. The van der Waals surface area contributed by atoms with E-state index in [2.05, 4.69) is 5.32 Å². The summed E-state index contributed by atoms with van der Waals surface area (Å²) in [5.74, 6) is -1.33. The molecule has 9 nitrogen and oxygen atoms in total. The Morgan fingerprint density at radius 3 is 2.49 bits per heavy atom. The normalized spacial score (nSPS) is 18.6. The van der Waals surface area contributed by atoms with Crippen LogP contribution in [0.3, 0.4) is 0 Å². The van der Waals surface area contributed by atoms with Crippen molar-refractivity contribution in [3.63, 3.8) is 0 Å². The van der Waals surface area contributed by atoms with E-state index in [9.17, 15) is 14.0 Å². The lowest BCUT2D eigenvalue weighted by atomic mass is 9.81. The molecule has 0 radical (unpaired) electrons. The smallest absolute Gasteiger partial charge is 0.286 e. The number of halogens is 1. The first-order valence-electron chi connectivity index (χ1n) is 13.8. The standard InChI is InChI=1S/C31H37FN2O7/c1-3-40-31-25(12-14-38-16-17-39-15-13-35)26(27-20-34(21(2)36)28-7-5-4-6-24(27)28)18-29(41-31)30(37)33-19-22-8-10-23(32)11-9-22/h4-11,18,20,25-26,31,35H,3,12-17,19H2,1-2H3,(H,33,37)/t25-,26-,31+/m1/s1. The number of benzene rings is 2. The van der Waals surface area contributed by atoms with E-state index in [0.717, 1.165) is 22.0 Å². The first-order valence-corrected chi connectivity index (χ1v) is 13.8. The number of allylic oxidation sites excluding steroid dienone is 1. The average molecular weight is 569 g/mol. The zero-order valence-electron chi connectivity index (χ0n) is 23.4. The summed E-state index contributed by atoms with van der Waals surface area (Å²) in [5.41, 5.74) is 2.40. The molecule has 2 N–H and O–H groups in total. The van der Waals surface area contributed by atoms with Crippen LogP contribution in [0.2, 0.25) is 0 Å². The lowest BCUT2D eigenvalue weighted by Gasteiger charge is -2.36. The minimum absolute atomic E-state index is 0.0445. The van der Waals surface area contributed by atoms with Gasteiger partial charge in [0.1, 0.15) is 5.82 Å². The Morgan fingerprint density at radius 2 is 1.78 bits per heavy atom. The van der Waals surface area contributed by atoms with Gasteiger partial charge in [0.05, 0.1) is 31.9 Å². The SMILES string of the molecule is CCO[C@H]1OC(C(=O)NCc2ccc(F)cc2)=C[C@@H](c2cn(C(C)=O)c3ccccc23)[C@H]1CCOCCOCCO. The number of nitrogens with zero attached hydrogens (tertiary/aromatic N) is 1. The minimum atomic E-state index is -0.741. The zero-order valence-corrected chi connectivity index (χ0v) is 23.4. The van der Waals surface area contributed by atoms with Crippen molar-refractivity contribution in [1.29, 1.82) is 0 Å². The fraction of sp³-hybridized carbons (Fsp3) is 0.419. The number of amides is 1. The van der Waals surface area contributed by atoms with Crippen molar-refractivity contribution in [2.45, 2.75) is 39.0 Å². The molecule has 2 aromatic carbocycles. The van der Waals surface area contributed by atoms with Crippen molar-refractivity contribution in [3.8, 4) is 0 Å². The topological polar surface area (TPSA) is 108 Å². The zero-order chi connectivity index (χ0) is 29.2. The molecule has 3 atom stereocenters. The Morgan fingerprint density at radius 1 is 1.05 bits per heavy atom. The van der Waals surface area contributed by atoms with Crippen LogP contribution in [-0.2, 0) is 30.3 Å². The number of aromatic nitrogens is 1. The number of carbonyl (C=O) groups is 2. The Bertz CT molecular complexity index is 1340. The van der Waals surface area contributed by atoms with Crippen molar-refractivity contribution in [2.75, 3.05) is 39.6 Å². The molecule has 1 aromatic heterocycles. The lowest BCUT2D eigenvalue weighted by molar-refractivity contribution is -0.168. The number of nitrogens with one attached hydrogen (secondary N) is 1.